The maximum atomic E-state index is 4.44. The molecular weight excluding hydrogens is 316 g/mol. The second-order valence-corrected chi connectivity index (χ2v) is 6.40. The van der Waals surface area contributed by atoms with Crippen LogP contribution in [0.25, 0.3) is 35.2 Å². The van der Waals surface area contributed by atoms with Gasteiger partial charge < -0.3 is 0 Å². The third kappa shape index (κ3) is 3.65. The molecular formula is C24H20N2. The van der Waals surface area contributed by atoms with Gasteiger partial charge >= 0.3 is 0 Å². The van der Waals surface area contributed by atoms with Gasteiger partial charge in [-0.2, -0.15) is 5.10 Å². The molecule has 0 aliphatic carbocycles. The first-order valence-corrected chi connectivity index (χ1v) is 8.74. The van der Waals surface area contributed by atoms with Crippen LogP contribution in [0.3, 0.4) is 0 Å². The topological polar surface area (TPSA) is 28.7 Å². The number of H-pyrrole nitrogens is 1. The van der Waals surface area contributed by atoms with Crippen LogP contribution in [0.5, 0.6) is 0 Å². The monoisotopic (exact) mass is 336 g/mol. The van der Waals surface area contributed by atoms with Gasteiger partial charge in [0.25, 0.3) is 0 Å². The van der Waals surface area contributed by atoms with E-state index in [-0.39, 0.29) is 0 Å². The number of fused-ring (bicyclic) bond motifs is 1. The van der Waals surface area contributed by atoms with Crippen LogP contribution >= 0.6 is 0 Å². The summed E-state index contributed by atoms with van der Waals surface area (Å²) in [6.45, 7) is 2.10. The van der Waals surface area contributed by atoms with Crippen LogP contribution in [0.2, 0.25) is 0 Å². The molecule has 0 radical (unpaired) electrons. The van der Waals surface area contributed by atoms with E-state index in [0.29, 0.717) is 0 Å². The Balaban J connectivity index is 1.62. The molecule has 26 heavy (non-hydrogen) atoms. The van der Waals surface area contributed by atoms with E-state index in [2.05, 4.69) is 96.0 Å². The predicted octanol–water partition coefficient (Wildman–Crippen LogP) is 6.21. The first kappa shape index (κ1) is 16.1. The molecule has 0 spiro atoms. The van der Waals surface area contributed by atoms with Gasteiger partial charge in [-0.15, -0.1) is 0 Å². The lowest BCUT2D eigenvalue weighted by atomic mass is 10.1. The molecule has 1 aromatic heterocycles. The largest absolute Gasteiger partial charge is 0.277 e. The van der Waals surface area contributed by atoms with E-state index in [1.165, 1.54) is 16.7 Å². The van der Waals surface area contributed by atoms with Gasteiger partial charge in [-0.05, 0) is 41.8 Å². The van der Waals surface area contributed by atoms with Crippen LogP contribution in [-0.4, -0.2) is 10.2 Å². The van der Waals surface area contributed by atoms with Crippen molar-refractivity contribution >= 4 is 35.2 Å². The summed E-state index contributed by atoms with van der Waals surface area (Å²) < 4.78 is 0. The smallest absolute Gasteiger partial charge is 0.0927 e. The number of aryl methyl sites for hydroxylation is 1. The summed E-state index contributed by atoms with van der Waals surface area (Å²) in [6, 6.07) is 25.2. The zero-order valence-electron chi connectivity index (χ0n) is 14.7. The molecule has 4 rings (SSSR count). The molecule has 0 unspecified atom stereocenters. The molecule has 0 aliphatic heterocycles. The molecule has 0 amide bonds. The summed E-state index contributed by atoms with van der Waals surface area (Å²) in [5.41, 5.74) is 6.80. The van der Waals surface area contributed by atoms with Crippen LogP contribution in [-0.2, 0) is 0 Å². The minimum absolute atomic E-state index is 0.953. The van der Waals surface area contributed by atoms with E-state index in [1.54, 1.807) is 0 Å². The van der Waals surface area contributed by atoms with Gasteiger partial charge in [0.05, 0.1) is 11.2 Å². The summed E-state index contributed by atoms with van der Waals surface area (Å²) in [7, 11) is 0. The van der Waals surface area contributed by atoms with Crippen LogP contribution in [0.4, 0.5) is 0 Å². The third-order valence-electron chi connectivity index (χ3n) is 4.40. The van der Waals surface area contributed by atoms with Crippen LogP contribution < -0.4 is 0 Å². The number of rotatable bonds is 4. The van der Waals surface area contributed by atoms with Crippen molar-refractivity contribution in [3.63, 3.8) is 0 Å². The molecule has 0 saturated carbocycles. The van der Waals surface area contributed by atoms with Gasteiger partial charge in [0.1, 0.15) is 0 Å². The molecule has 126 valence electrons. The van der Waals surface area contributed by atoms with Crippen molar-refractivity contribution in [2.75, 3.05) is 0 Å². The van der Waals surface area contributed by atoms with E-state index in [4.69, 9.17) is 0 Å². The second kappa shape index (κ2) is 7.24. The van der Waals surface area contributed by atoms with E-state index in [1.807, 2.05) is 18.2 Å². The molecule has 2 nitrogen and oxygen atoms in total. The Morgan fingerprint density at radius 3 is 2.15 bits per heavy atom. The Morgan fingerprint density at radius 1 is 0.692 bits per heavy atom. The van der Waals surface area contributed by atoms with E-state index >= 15 is 0 Å². The lowest BCUT2D eigenvalue weighted by Crippen LogP contribution is -1.77. The number of aromatic amines is 1. The van der Waals surface area contributed by atoms with Gasteiger partial charge in [-0.1, -0.05) is 84.5 Å². The number of nitrogens with zero attached hydrogens (tertiary/aromatic N) is 1. The molecule has 0 aliphatic rings. The zero-order valence-corrected chi connectivity index (χ0v) is 14.7. The number of nitrogens with one attached hydrogen (secondary N) is 1. The number of hydrogen-bond acceptors (Lipinski definition) is 1. The Labute approximate surface area is 153 Å². The van der Waals surface area contributed by atoms with Gasteiger partial charge in [-0.3, -0.25) is 5.10 Å². The van der Waals surface area contributed by atoms with Crippen LogP contribution in [0.1, 0.15) is 27.9 Å². The molecule has 0 atom stereocenters. The normalized spacial score (nSPS) is 11.7. The van der Waals surface area contributed by atoms with Crippen LogP contribution in [0.15, 0.2) is 72.8 Å². The predicted molar refractivity (Wildman–Crippen MR) is 112 cm³/mol. The maximum absolute atomic E-state index is 4.44. The molecule has 1 heterocycles. The Kier molecular flexibility index (Phi) is 4.48. The number of hydrogen-bond donors (Lipinski definition) is 1. The first-order chi connectivity index (χ1) is 12.8. The number of benzene rings is 3. The maximum Gasteiger partial charge on any atom is 0.0927 e. The third-order valence-corrected chi connectivity index (χ3v) is 4.40. The first-order valence-electron chi connectivity index (χ1n) is 8.74. The van der Waals surface area contributed by atoms with Crippen molar-refractivity contribution in [3.8, 4) is 0 Å². The fourth-order valence-electron chi connectivity index (χ4n) is 2.89. The highest BCUT2D eigenvalue weighted by Crippen LogP contribution is 2.21. The van der Waals surface area contributed by atoms with E-state index in [9.17, 15) is 0 Å². The summed E-state index contributed by atoms with van der Waals surface area (Å²) in [5.74, 6) is 0. The van der Waals surface area contributed by atoms with Crippen molar-refractivity contribution in [3.05, 3.63) is 101 Å². The lowest BCUT2D eigenvalue weighted by molar-refractivity contribution is 1.11. The highest BCUT2D eigenvalue weighted by atomic mass is 15.1. The SMILES string of the molecule is Cc1ccc(/C=C/c2ccc3[nH]nc(/C=C/c4ccccc4)c3c2)cc1. The van der Waals surface area contributed by atoms with Crippen molar-refractivity contribution in [1.82, 2.24) is 10.2 Å². The second-order valence-electron chi connectivity index (χ2n) is 6.40. The average molecular weight is 336 g/mol. The lowest BCUT2D eigenvalue weighted by Gasteiger charge is -1.97. The summed E-state index contributed by atoms with van der Waals surface area (Å²) in [6.07, 6.45) is 8.42. The average Bonchev–Trinajstić information content (AvgIpc) is 3.09. The fraction of sp³-hybridized carbons (Fsp3) is 0.0417. The molecule has 0 bridgehead atoms. The minimum atomic E-state index is 0.953. The quantitative estimate of drug-likeness (QED) is 0.441. The fourth-order valence-corrected chi connectivity index (χ4v) is 2.89. The zero-order chi connectivity index (χ0) is 17.8. The molecule has 0 fully saturated rings. The highest BCUT2D eigenvalue weighted by Gasteiger charge is 2.03. The standard InChI is InChI=1S/C24H20N2/c1-18-7-9-20(10-8-18)11-12-21-14-16-24-22(17-21)23(25-26-24)15-13-19-5-3-2-4-6-19/h2-17H,1H3,(H,25,26)/b12-11+,15-13+. The molecule has 2 heteroatoms. The minimum Gasteiger partial charge on any atom is -0.277 e. The Hall–Kier alpha value is -3.39. The summed E-state index contributed by atoms with van der Waals surface area (Å²) in [5, 5.41) is 8.68. The van der Waals surface area contributed by atoms with Gasteiger partial charge in [-0.25, -0.2) is 0 Å². The van der Waals surface area contributed by atoms with Crippen molar-refractivity contribution in [2.24, 2.45) is 0 Å². The number of aromatic nitrogens is 2. The Bertz CT molecular complexity index is 1070. The summed E-state index contributed by atoms with van der Waals surface area (Å²) >= 11 is 0. The van der Waals surface area contributed by atoms with Gasteiger partial charge in [0.15, 0.2) is 0 Å². The Morgan fingerprint density at radius 2 is 1.35 bits per heavy atom. The van der Waals surface area contributed by atoms with Crippen LogP contribution in [0, 0.1) is 6.92 Å². The molecule has 0 saturated heterocycles. The highest BCUT2D eigenvalue weighted by molar-refractivity contribution is 5.91. The molecule has 4 aromatic rings. The van der Waals surface area contributed by atoms with E-state index < -0.39 is 0 Å². The summed E-state index contributed by atoms with van der Waals surface area (Å²) in [4.78, 5) is 0. The van der Waals surface area contributed by atoms with Crippen molar-refractivity contribution in [1.29, 1.82) is 0 Å². The van der Waals surface area contributed by atoms with E-state index in [0.717, 1.165) is 22.2 Å². The van der Waals surface area contributed by atoms with Gasteiger partial charge in [0, 0.05) is 5.39 Å². The molecule has 1 N–H and O–H groups in total. The van der Waals surface area contributed by atoms with Crippen molar-refractivity contribution in [2.45, 2.75) is 6.92 Å². The van der Waals surface area contributed by atoms with Crippen molar-refractivity contribution < 1.29 is 0 Å². The molecule has 3 aromatic carbocycles. The van der Waals surface area contributed by atoms with Gasteiger partial charge in [0.2, 0.25) is 0 Å².